The van der Waals surface area contributed by atoms with E-state index in [-0.39, 0.29) is 4.90 Å². The minimum Gasteiger partial charge on any atom is -0.471 e. The molecule has 0 aliphatic rings. The number of rotatable bonds is 5. The Morgan fingerprint density at radius 3 is 2.73 bits per heavy atom. The Bertz CT molecular complexity index is 769. The van der Waals surface area contributed by atoms with E-state index in [1.807, 2.05) is 25.2 Å². The van der Waals surface area contributed by atoms with Gasteiger partial charge in [-0.1, -0.05) is 36.9 Å². The predicted octanol–water partition coefficient (Wildman–Crippen LogP) is 4.97. The van der Waals surface area contributed by atoms with Crippen LogP contribution in [0.1, 0.15) is 12.5 Å². The van der Waals surface area contributed by atoms with E-state index in [0.717, 1.165) is 16.7 Å². The Hall–Kier alpha value is -2.20. The molecular weight excluding hydrogens is 299 g/mol. The lowest BCUT2D eigenvalue weighted by atomic mass is 9.98. The van der Waals surface area contributed by atoms with Crippen LogP contribution in [0.4, 0.5) is 4.39 Å². The van der Waals surface area contributed by atoms with Crippen LogP contribution in [0.15, 0.2) is 70.9 Å². The predicted molar refractivity (Wildman–Crippen MR) is 89.4 cm³/mol. The smallest absolute Gasteiger partial charge is 0.139 e. The number of hydrogen-bond acceptors (Lipinski definition) is 2. The van der Waals surface area contributed by atoms with Crippen LogP contribution in [0.3, 0.4) is 0 Å². The average molecular weight is 316 g/mol. The zero-order valence-corrected chi connectivity index (χ0v) is 13.3. The van der Waals surface area contributed by atoms with Gasteiger partial charge in [-0.3, -0.25) is 4.21 Å². The number of furan rings is 1. The van der Waals surface area contributed by atoms with E-state index in [4.69, 9.17) is 4.42 Å². The highest BCUT2D eigenvalue weighted by Gasteiger charge is 2.13. The Morgan fingerprint density at radius 1 is 1.36 bits per heavy atom. The molecule has 0 N–H and O–H groups in total. The molecular formula is C18H17FO2S. The van der Waals surface area contributed by atoms with Gasteiger partial charge in [0.15, 0.2) is 0 Å². The number of halogens is 1. The second kappa shape index (κ2) is 7.18. The molecule has 1 aromatic heterocycles. The summed E-state index contributed by atoms with van der Waals surface area (Å²) in [5.74, 6) is -0.481. The fourth-order valence-electron chi connectivity index (χ4n) is 2.19. The first kappa shape index (κ1) is 16.2. The maximum absolute atomic E-state index is 14.1. The lowest BCUT2D eigenvalue weighted by Crippen LogP contribution is -1.93. The van der Waals surface area contributed by atoms with E-state index >= 15 is 0 Å². The van der Waals surface area contributed by atoms with Gasteiger partial charge in [0, 0.05) is 17.4 Å². The summed E-state index contributed by atoms with van der Waals surface area (Å²) in [6, 6.07) is 4.67. The molecule has 0 amide bonds. The minimum absolute atomic E-state index is 0.198. The molecule has 4 heteroatoms. The van der Waals surface area contributed by atoms with Crippen LogP contribution in [-0.4, -0.2) is 10.5 Å². The highest BCUT2D eigenvalue weighted by Crippen LogP contribution is 2.32. The van der Waals surface area contributed by atoms with E-state index in [1.165, 1.54) is 12.3 Å². The standard InChI is InChI=1S/C18H17FO2S/c1-4-6-13(7-5-2)15-11-21-12-16(15)14-8-9-18(22(3)20)17(19)10-14/h4-12H,1H2,2-3H3/b7-5-,13-6+. The van der Waals surface area contributed by atoms with Crippen molar-refractivity contribution in [3.63, 3.8) is 0 Å². The molecule has 114 valence electrons. The van der Waals surface area contributed by atoms with Gasteiger partial charge >= 0.3 is 0 Å². The van der Waals surface area contributed by atoms with Gasteiger partial charge in [-0.15, -0.1) is 0 Å². The van der Waals surface area contributed by atoms with Gasteiger partial charge in [0.1, 0.15) is 5.82 Å². The highest BCUT2D eigenvalue weighted by molar-refractivity contribution is 7.84. The van der Waals surface area contributed by atoms with Gasteiger partial charge < -0.3 is 4.42 Å². The summed E-state index contributed by atoms with van der Waals surface area (Å²) >= 11 is 0. The van der Waals surface area contributed by atoms with Crippen molar-refractivity contribution in [1.82, 2.24) is 0 Å². The van der Waals surface area contributed by atoms with Crippen LogP contribution >= 0.6 is 0 Å². The van der Waals surface area contributed by atoms with Gasteiger partial charge in [0.05, 0.1) is 28.2 Å². The van der Waals surface area contributed by atoms with Gasteiger partial charge in [0.2, 0.25) is 0 Å². The highest BCUT2D eigenvalue weighted by atomic mass is 32.2. The molecule has 22 heavy (non-hydrogen) atoms. The largest absolute Gasteiger partial charge is 0.471 e. The molecule has 0 fully saturated rings. The Morgan fingerprint density at radius 2 is 2.14 bits per heavy atom. The minimum atomic E-state index is -1.35. The summed E-state index contributed by atoms with van der Waals surface area (Å²) in [5, 5.41) is 0. The van der Waals surface area contributed by atoms with Crippen molar-refractivity contribution >= 4 is 16.4 Å². The third-order valence-corrected chi connectivity index (χ3v) is 4.12. The van der Waals surface area contributed by atoms with Gasteiger partial charge in [-0.25, -0.2) is 4.39 Å². The normalized spacial score (nSPS) is 13.5. The van der Waals surface area contributed by atoms with Crippen LogP contribution in [0, 0.1) is 5.82 Å². The van der Waals surface area contributed by atoms with Crippen LogP contribution in [0.25, 0.3) is 16.7 Å². The van der Waals surface area contributed by atoms with Gasteiger partial charge in [-0.2, -0.15) is 0 Å². The number of benzene rings is 1. The summed E-state index contributed by atoms with van der Waals surface area (Å²) in [7, 11) is -1.35. The molecule has 0 saturated carbocycles. The average Bonchev–Trinajstić information content (AvgIpc) is 2.95. The third-order valence-electron chi connectivity index (χ3n) is 3.17. The first-order valence-electron chi connectivity index (χ1n) is 6.73. The second-order valence-electron chi connectivity index (χ2n) is 4.66. The van der Waals surface area contributed by atoms with Crippen molar-refractivity contribution in [2.45, 2.75) is 11.8 Å². The quantitative estimate of drug-likeness (QED) is 0.729. The molecule has 0 aliphatic heterocycles. The van der Waals surface area contributed by atoms with Gasteiger partial charge in [0.25, 0.3) is 0 Å². The Balaban J connectivity index is 2.54. The second-order valence-corrected chi connectivity index (χ2v) is 6.00. The first-order chi connectivity index (χ1) is 10.6. The molecule has 2 rings (SSSR count). The summed E-state index contributed by atoms with van der Waals surface area (Å²) in [6.45, 7) is 5.62. The van der Waals surface area contributed by atoms with Crippen LogP contribution in [0.2, 0.25) is 0 Å². The first-order valence-corrected chi connectivity index (χ1v) is 8.29. The molecule has 2 aromatic rings. The van der Waals surface area contributed by atoms with Crippen LogP contribution < -0.4 is 0 Å². The van der Waals surface area contributed by atoms with Crippen LogP contribution in [-0.2, 0) is 10.8 Å². The number of hydrogen-bond donors (Lipinski definition) is 0. The maximum Gasteiger partial charge on any atom is 0.139 e. The SMILES string of the molecule is C=C/C=C(\C=C/C)c1cocc1-c1ccc(S(C)=O)c(F)c1. The van der Waals surface area contributed by atoms with Crippen molar-refractivity contribution in [3.05, 3.63) is 73.0 Å². The van der Waals surface area contributed by atoms with Crippen molar-refractivity contribution in [2.24, 2.45) is 0 Å². The fourth-order valence-corrected chi connectivity index (χ4v) is 2.78. The molecule has 0 radical (unpaired) electrons. The number of allylic oxidation sites excluding steroid dienone is 5. The summed E-state index contributed by atoms with van der Waals surface area (Å²) in [4.78, 5) is 0.198. The van der Waals surface area contributed by atoms with E-state index in [0.29, 0.717) is 5.56 Å². The zero-order valence-electron chi connectivity index (χ0n) is 12.5. The summed E-state index contributed by atoms with van der Waals surface area (Å²) in [6.07, 6.45) is 12.0. The topological polar surface area (TPSA) is 30.2 Å². The Labute approximate surface area is 132 Å². The fraction of sp³-hybridized carbons (Fsp3) is 0.111. The van der Waals surface area contributed by atoms with Crippen LogP contribution in [0.5, 0.6) is 0 Å². The zero-order chi connectivity index (χ0) is 16.1. The van der Waals surface area contributed by atoms with Crippen molar-refractivity contribution in [1.29, 1.82) is 0 Å². The molecule has 1 atom stereocenters. The molecule has 2 nitrogen and oxygen atoms in total. The molecule has 0 aliphatic carbocycles. The van der Waals surface area contributed by atoms with E-state index in [2.05, 4.69) is 6.58 Å². The molecule has 0 saturated heterocycles. The third kappa shape index (κ3) is 3.34. The molecule has 0 bridgehead atoms. The maximum atomic E-state index is 14.1. The molecule has 0 spiro atoms. The van der Waals surface area contributed by atoms with Crippen molar-refractivity contribution in [3.8, 4) is 11.1 Å². The van der Waals surface area contributed by atoms with E-state index < -0.39 is 16.6 Å². The molecule has 1 heterocycles. The monoisotopic (exact) mass is 316 g/mol. The summed E-state index contributed by atoms with van der Waals surface area (Å²) in [5.41, 5.74) is 3.22. The lowest BCUT2D eigenvalue weighted by Gasteiger charge is -2.06. The Kier molecular flexibility index (Phi) is 5.28. The molecule has 1 aromatic carbocycles. The van der Waals surface area contributed by atoms with E-state index in [9.17, 15) is 8.60 Å². The van der Waals surface area contributed by atoms with Crippen molar-refractivity contribution in [2.75, 3.05) is 6.26 Å². The van der Waals surface area contributed by atoms with Gasteiger partial charge in [-0.05, 0) is 30.2 Å². The van der Waals surface area contributed by atoms with E-state index in [1.54, 1.807) is 30.7 Å². The lowest BCUT2D eigenvalue weighted by molar-refractivity contribution is 0.567. The molecule has 1 unspecified atom stereocenters. The van der Waals surface area contributed by atoms with Crippen molar-refractivity contribution < 1.29 is 13.0 Å². The summed E-state index contributed by atoms with van der Waals surface area (Å²) < 4.78 is 30.8.